The Balaban J connectivity index is 1.21. The quantitative estimate of drug-likeness (QED) is 0.341. The number of fused-ring (bicyclic) bond motifs is 1. The van der Waals surface area contributed by atoms with Crippen molar-refractivity contribution in [3.63, 3.8) is 0 Å². The molecular formula is C25H22N2O5. The predicted molar refractivity (Wildman–Crippen MR) is 120 cm³/mol. The van der Waals surface area contributed by atoms with E-state index in [1.165, 1.54) is 4.57 Å². The average Bonchev–Trinajstić information content (AvgIpc) is 3.16. The van der Waals surface area contributed by atoms with Crippen molar-refractivity contribution >= 4 is 23.0 Å². The maximum Gasteiger partial charge on any atom is 0.419 e. The number of carbonyl (C=O) groups is 2. The van der Waals surface area contributed by atoms with Gasteiger partial charge < -0.3 is 14.5 Å². The van der Waals surface area contributed by atoms with E-state index in [9.17, 15) is 14.4 Å². The number of amides is 1. The lowest BCUT2D eigenvalue weighted by Gasteiger charge is -2.08. The van der Waals surface area contributed by atoms with Gasteiger partial charge in [-0.1, -0.05) is 54.6 Å². The van der Waals surface area contributed by atoms with Gasteiger partial charge in [0.25, 0.3) is 5.91 Å². The topological polar surface area (TPSA) is 90.5 Å². The third kappa shape index (κ3) is 4.95. The van der Waals surface area contributed by atoms with E-state index in [2.05, 4.69) is 5.32 Å². The highest BCUT2D eigenvalue weighted by Crippen LogP contribution is 2.19. The number of rotatable bonds is 8. The minimum absolute atomic E-state index is 0.131. The first-order valence-electron chi connectivity index (χ1n) is 10.3. The van der Waals surface area contributed by atoms with E-state index in [1.54, 1.807) is 30.3 Å². The maximum absolute atomic E-state index is 12.3. The van der Waals surface area contributed by atoms with Crippen molar-refractivity contribution in [3.05, 3.63) is 95.0 Å². The molecule has 0 spiro atoms. The first-order chi connectivity index (χ1) is 15.6. The monoisotopic (exact) mass is 430 g/mol. The van der Waals surface area contributed by atoms with Crippen LogP contribution in [0.25, 0.3) is 22.2 Å². The van der Waals surface area contributed by atoms with Crippen LogP contribution in [0.1, 0.15) is 16.8 Å². The molecule has 0 aliphatic rings. The van der Waals surface area contributed by atoms with E-state index in [0.717, 1.165) is 11.1 Å². The molecule has 0 bridgehead atoms. The van der Waals surface area contributed by atoms with Gasteiger partial charge in [-0.3, -0.25) is 14.2 Å². The number of carbonyl (C=O) groups excluding carboxylic acids is 2. The lowest BCUT2D eigenvalue weighted by molar-refractivity contribution is -0.142. The molecule has 0 unspecified atom stereocenters. The second-order valence-electron chi connectivity index (χ2n) is 7.19. The van der Waals surface area contributed by atoms with E-state index >= 15 is 0 Å². The van der Waals surface area contributed by atoms with Crippen molar-refractivity contribution in [1.29, 1.82) is 0 Å². The predicted octanol–water partition coefficient (Wildman–Crippen LogP) is 3.62. The Kier molecular flexibility index (Phi) is 6.46. The van der Waals surface area contributed by atoms with Crippen LogP contribution >= 0.6 is 0 Å². The van der Waals surface area contributed by atoms with Crippen molar-refractivity contribution in [2.24, 2.45) is 0 Å². The van der Waals surface area contributed by atoms with Crippen LogP contribution in [0.4, 0.5) is 0 Å². The van der Waals surface area contributed by atoms with E-state index in [4.69, 9.17) is 9.15 Å². The molecule has 1 aromatic heterocycles. The highest BCUT2D eigenvalue weighted by Gasteiger charge is 2.11. The summed E-state index contributed by atoms with van der Waals surface area (Å²) in [5.41, 5.74) is 3.76. The van der Waals surface area contributed by atoms with Gasteiger partial charge in [-0.2, -0.15) is 0 Å². The molecule has 0 saturated heterocycles. The van der Waals surface area contributed by atoms with Crippen LogP contribution in [0.2, 0.25) is 0 Å². The number of oxazole rings is 1. The van der Waals surface area contributed by atoms with Crippen LogP contribution in [0.15, 0.2) is 88.1 Å². The molecule has 7 heteroatoms. The normalized spacial score (nSPS) is 10.8. The molecule has 7 nitrogen and oxygen atoms in total. The summed E-state index contributed by atoms with van der Waals surface area (Å²) < 4.78 is 11.8. The summed E-state index contributed by atoms with van der Waals surface area (Å²) in [5, 5.41) is 2.56. The minimum atomic E-state index is -0.538. The van der Waals surface area contributed by atoms with E-state index in [-0.39, 0.29) is 19.1 Å². The highest BCUT2D eigenvalue weighted by molar-refractivity contribution is 5.96. The number of hydrogen-bond donors (Lipinski definition) is 1. The first kappa shape index (κ1) is 21.1. The molecule has 0 aliphatic heterocycles. The second kappa shape index (κ2) is 9.78. The largest absolute Gasteiger partial charge is 0.464 e. The van der Waals surface area contributed by atoms with Gasteiger partial charge in [-0.15, -0.1) is 0 Å². The minimum Gasteiger partial charge on any atom is -0.464 e. The molecule has 162 valence electrons. The molecule has 0 saturated carbocycles. The van der Waals surface area contributed by atoms with Gasteiger partial charge in [0, 0.05) is 12.1 Å². The van der Waals surface area contributed by atoms with Gasteiger partial charge in [0.1, 0.15) is 6.54 Å². The van der Waals surface area contributed by atoms with Gasteiger partial charge in [-0.25, -0.2) is 4.79 Å². The SMILES string of the molecule is O=C(CNC(=O)c1ccc(-c2ccccc2)cc1)OCCCn1c(=O)oc2ccccc21. The molecule has 0 atom stereocenters. The Bertz CT molecular complexity index is 1270. The van der Waals surface area contributed by atoms with Gasteiger partial charge in [0.05, 0.1) is 12.1 Å². The zero-order chi connectivity index (χ0) is 22.3. The van der Waals surface area contributed by atoms with E-state index < -0.39 is 11.7 Å². The van der Waals surface area contributed by atoms with Gasteiger partial charge in [-0.05, 0) is 41.8 Å². The zero-order valence-electron chi connectivity index (χ0n) is 17.3. The van der Waals surface area contributed by atoms with Gasteiger partial charge in [0.15, 0.2) is 5.58 Å². The third-order valence-corrected chi connectivity index (χ3v) is 5.01. The highest BCUT2D eigenvalue weighted by atomic mass is 16.5. The molecule has 1 N–H and O–H groups in total. The van der Waals surface area contributed by atoms with Crippen molar-refractivity contribution < 1.29 is 18.7 Å². The Morgan fingerprint density at radius 1 is 0.875 bits per heavy atom. The van der Waals surface area contributed by atoms with Crippen LogP contribution in [-0.2, 0) is 16.1 Å². The Hall–Kier alpha value is -4.13. The number of benzene rings is 3. The fourth-order valence-corrected chi connectivity index (χ4v) is 3.38. The number of para-hydroxylation sites is 2. The average molecular weight is 430 g/mol. The molecule has 0 aliphatic carbocycles. The van der Waals surface area contributed by atoms with Crippen LogP contribution in [0.5, 0.6) is 0 Å². The van der Waals surface area contributed by atoms with E-state index in [0.29, 0.717) is 29.6 Å². The maximum atomic E-state index is 12.3. The van der Waals surface area contributed by atoms with Gasteiger partial charge >= 0.3 is 11.7 Å². The second-order valence-corrected chi connectivity index (χ2v) is 7.19. The van der Waals surface area contributed by atoms with Crippen LogP contribution in [0.3, 0.4) is 0 Å². The molecule has 0 radical (unpaired) electrons. The first-order valence-corrected chi connectivity index (χ1v) is 10.3. The summed E-state index contributed by atoms with van der Waals surface area (Å²) in [4.78, 5) is 36.1. The fraction of sp³-hybridized carbons (Fsp3) is 0.160. The summed E-state index contributed by atoms with van der Waals surface area (Å²) in [6.07, 6.45) is 0.448. The number of aryl methyl sites for hydroxylation is 1. The standard InChI is InChI=1S/C25H22N2O5/c28-23(31-16-6-15-27-21-9-4-5-10-22(21)32-25(27)30)17-26-24(29)20-13-11-19(12-14-20)18-7-2-1-3-8-18/h1-5,7-14H,6,15-17H2,(H,26,29). The number of hydrogen-bond acceptors (Lipinski definition) is 5. The van der Waals surface area contributed by atoms with Crippen LogP contribution in [-0.4, -0.2) is 29.6 Å². The molecule has 0 fully saturated rings. The summed E-state index contributed by atoms with van der Waals surface area (Å²) in [6.45, 7) is 0.267. The van der Waals surface area contributed by atoms with Crippen LogP contribution in [0, 0.1) is 0 Å². The number of ether oxygens (including phenoxy) is 1. The van der Waals surface area contributed by atoms with Crippen molar-refractivity contribution in [2.45, 2.75) is 13.0 Å². The van der Waals surface area contributed by atoms with Crippen molar-refractivity contribution in [3.8, 4) is 11.1 Å². The number of nitrogens with one attached hydrogen (secondary N) is 1. The zero-order valence-corrected chi connectivity index (χ0v) is 17.3. The fourth-order valence-electron chi connectivity index (χ4n) is 3.38. The Labute approximate surface area is 184 Å². The van der Waals surface area contributed by atoms with E-state index in [1.807, 2.05) is 48.5 Å². The molecule has 32 heavy (non-hydrogen) atoms. The molecular weight excluding hydrogens is 408 g/mol. The molecule has 4 aromatic rings. The van der Waals surface area contributed by atoms with Gasteiger partial charge in [0.2, 0.25) is 0 Å². The van der Waals surface area contributed by atoms with Crippen molar-refractivity contribution in [1.82, 2.24) is 9.88 Å². The number of nitrogens with zero attached hydrogens (tertiary/aromatic N) is 1. The summed E-state index contributed by atoms with van der Waals surface area (Å²) >= 11 is 0. The Morgan fingerprint density at radius 2 is 1.56 bits per heavy atom. The third-order valence-electron chi connectivity index (χ3n) is 5.01. The Morgan fingerprint density at radius 3 is 2.34 bits per heavy atom. The molecule has 1 heterocycles. The lowest BCUT2D eigenvalue weighted by atomic mass is 10.0. The molecule has 1 amide bonds. The number of aromatic nitrogens is 1. The lowest BCUT2D eigenvalue weighted by Crippen LogP contribution is -2.30. The molecule has 4 rings (SSSR count). The summed E-state index contributed by atoms with van der Waals surface area (Å²) in [6, 6.07) is 24.2. The number of esters is 1. The molecule has 3 aromatic carbocycles. The summed E-state index contributed by atoms with van der Waals surface area (Å²) in [7, 11) is 0. The summed E-state index contributed by atoms with van der Waals surface area (Å²) in [5.74, 6) is -1.33. The van der Waals surface area contributed by atoms with Crippen molar-refractivity contribution in [2.75, 3.05) is 13.2 Å². The smallest absolute Gasteiger partial charge is 0.419 e. The van der Waals surface area contributed by atoms with Crippen LogP contribution < -0.4 is 11.1 Å².